The van der Waals surface area contributed by atoms with E-state index in [1.165, 1.54) is 12.1 Å². The van der Waals surface area contributed by atoms with E-state index in [0.29, 0.717) is 29.7 Å². The van der Waals surface area contributed by atoms with Crippen molar-refractivity contribution in [2.75, 3.05) is 0 Å². The van der Waals surface area contributed by atoms with Crippen LogP contribution >= 0.6 is 0 Å². The van der Waals surface area contributed by atoms with Crippen LogP contribution in [-0.4, -0.2) is 20.2 Å². The topological polar surface area (TPSA) is 66.2 Å². The van der Waals surface area contributed by atoms with Crippen LogP contribution in [0.5, 0.6) is 11.9 Å². The number of benzene rings is 1. The molecule has 1 aliphatic carbocycles. The molecule has 2 N–H and O–H groups in total. The van der Waals surface area contributed by atoms with Crippen molar-refractivity contribution in [2.45, 2.75) is 25.4 Å². The van der Waals surface area contributed by atoms with Crippen molar-refractivity contribution in [3.8, 4) is 11.9 Å². The molecule has 20 heavy (non-hydrogen) atoms. The van der Waals surface area contributed by atoms with Crippen LogP contribution in [-0.2, 0) is 13.1 Å². The maximum Gasteiger partial charge on any atom is 0.317 e. The summed E-state index contributed by atoms with van der Waals surface area (Å²) in [6.07, 6.45) is 1.07. The summed E-state index contributed by atoms with van der Waals surface area (Å²) in [4.78, 5) is 7.38. The summed E-state index contributed by atoms with van der Waals surface area (Å²) >= 11 is 0. The SMILES string of the molecule is Oc1nc(O)c2c(n1)C(c1ccc(CF)cc1F)CC2. The smallest absolute Gasteiger partial charge is 0.317 e. The summed E-state index contributed by atoms with van der Waals surface area (Å²) in [5.74, 6) is -1.13. The maximum absolute atomic E-state index is 14.0. The first-order valence-corrected chi connectivity index (χ1v) is 6.23. The monoisotopic (exact) mass is 278 g/mol. The van der Waals surface area contributed by atoms with Gasteiger partial charge >= 0.3 is 6.01 Å². The number of rotatable bonds is 2. The lowest BCUT2D eigenvalue weighted by molar-refractivity contribution is 0.392. The molecule has 1 aromatic carbocycles. The highest BCUT2D eigenvalue weighted by molar-refractivity contribution is 5.43. The lowest BCUT2D eigenvalue weighted by Gasteiger charge is -2.13. The van der Waals surface area contributed by atoms with Gasteiger partial charge in [0.1, 0.15) is 12.5 Å². The molecule has 1 unspecified atom stereocenters. The van der Waals surface area contributed by atoms with Crippen LogP contribution in [0, 0.1) is 5.82 Å². The lowest BCUT2D eigenvalue weighted by Crippen LogP contribution is -2.03. The molecule has 2 aromatic rings. The molecule has 0 spiro atoms. The van der Waals surface area contributed by atoms with Crippen molar-refractivity contribution in [1.29, 1.82) is 0 Å². The Hall–Kier alpha value is -2.24. The van der Waals surface area contributed by atoms with Crippen LogP contribution in [0.1, 0.15) is 34.7 Å². The second-order valence-corrected chi connectivity index (χ2v) is 4.79. The zero-order chi connectivity index (χ0) is 14.3. The summed E-state index contributed by atoms with van der Waals surface area (Å²) < 4.78 is 26.6. The fraction of sp³-hybridized carbons (Fsp3) is 0.286. The molecule has 6 heteroatoms. The number of nitrogens with zero attached hydrogens (tertiary/aromatic N) is 2. The summed E-state index contributed by atoms with van der Waals surface area (Å²) in [5.41, 5.74) is 1.62. The Labute approximate surface area is 113 Å². The molecule has 3 rings (SSSR count). The fourth-order valence-electron chi connectivity index (χ4n) is 2.67. The van der Waals surface area contributed by atoms with Gasteiger partial charge in [-0.3, -0.25) is 0 Å². The number of halogens is 2. The molecule has 0 fully saturated rings. The number of hydrogen-bond donors (Lipinski definition) is 2. The number of alkyl halides is 1. The molecule has 0 radical (unpaired) electrons. The lowest BCUT2D eigenvalue weighted by atomic mass is 9.95. The van der Waals surface area contributed by atoms with E-state index in [-0.39, 0.29) is 17.4 Å². The van der Waals surface area contributed by atoms with E-state index in [4.69, 9.17) is 0 Å². The molecule has 0 aliphatic heterocycles. The molecule has 1 atom stereocenters. The van der Waals surface area contributed by atoms with E-state index in [2.05, 4.69) is 9.97 Å². The highest BCUT2D eigenvalue weighted by atomic mass is 19.1. The van der Waals surface area contributed by atoms with Gasteiger partial charge in [-0.2, -0.15) is 9.97 Å². The molecule has 4 nitrogen and oxygen atoms in total. The van der Waals surface area contributed by atoms with Crippen LogP contribution in [0.25, 0.3) is 0 Å². The van der Waals surface area contributed by atoms with Gasteiger partial charge in [0.05, 0.1) is 5.69 Å². The van der Waals surface area contributed by atoms with E-state index in [0.717, 1.165) is 6.07 Å². The highest BCUT2D eigenvalue weighted by Crippen LogP contribution is 2.41. The van der Waals surface area contributed by atoms with Crippen molar-refractivity contribution >= 4 is 0 Å². The molecular formula is C14H12F2N2O2. The highest BCUT2D eigenvalue weighted by Gasteiger charge is 2.31. The van der Waals surface area contributed by atoms with Crippen molar-refractivity contribution in [2.24, 2.45) is 0 Å². The Morgan fingerprint density at radius 3 is 2.75 bits per heavy atom. The third-order valence-electron chi connectivity index (χ3n) is 3.61. The van der Waals surface area contributed by atoms with Gasteiger partial charge in [0.15, 0.2) is 0 Å². The number of aromatic hydroxyl groups is 2. The summed E-state index contributed by atoms with van der Waals surface area (Å²) in [6, 6.07) is 3.68. The average molecular weight is 278 g/mol. The van der Waals surface area contributed by atoms with Crippen LogP contribution in [0.2, 0.25) is 0 Å². The quantitative estimate of drug-likeness (QED) is 0.886. The first-order valence-electron chi connectivity index (χ1n) is 6.23. The Balaban J connectivity index is 2.07. The molecular weight excluding hydrogens is 266 g/mol. The van der Waals surface area contributed by atoms with Gasteiger partial charge in [0.25, 0.3) is 0 Å². The van der Waals surface area contributed by atoms with E-state index >= 15 is 0 Å². The summed E-state index contributed by atoms with van der Waals surface area (Å²) in [6.45, 7) is -0.720. The van der Waals surface area contributed by atoms with Gasteiger partial charge in [-0.1, -0.05) is 12.1 Å². The molecule has 1 aliphatic rings. The fourth-order valence-corrected chi connectivity index (χ4v) is 2.67. The van der Waals surface area contributed by atoms with Crippen molar-refractivity contribution in [3.63, 3.8) is 0 Å². The van der Waals surface area contributed by atoms with Gasteiger partial charge in [0.2, 0.25) is 5.88 Å². The largest absolute Gasteiger partial charge is 0.493 e. The molecule has 0 saturated carbocycles. The maximum atomic E-state index is 14.0. The third-order valence-corrected chi connectivity index (χ3v) is 3.61. The normalized spacial score (nSPS) is 17.2. The molecule has 0 bridgehead atoms. The van der Waals surface area contributed by atoms with E-state index < -0.39 is 18.5 Å². The van der Waals surface area contributed by atoms with Crippen LogP contribution in [0.4, 0.5) is 8.78 Å². The van der Waals surface area contributed by atoms with Crippen LogP contribution < -0.4 is 0 Å². The summed E-state index contributed by atoms with van der Waals surface area (Å²) in [7, 11) is 0. The molecule has 1 aromatic heterocycles. The number of aromatic nitrogens is 2. The van der Waals surface area contributed by atoms with Crippen molar-refractivity contribution in [1.82, 2.24) is 9.97 Å². The molecule has 104 valence electrons. The van der Waals surface area contributed by atoms with E-state index in [9.17, 15) is 19.0 Å². The molecule has 1 heterocycles. The first-order chi connectivity index (χ1) is 9.60. The second-order valence-electron chi connectivity index (χ2n) is 4.79. The number of fused-ring (bicyclic) bond motifs is 1. The molecule has 0 amide bonds. The second kappa shape index (κ2) is 4.70. The Kier molecular flexibility index (Phi) is 3.00. The minimum atomic E-state index is -0.720. The molecule has 0 saturated heterocycles. The predicted molar refractivity (Wildman–Crippen MR) is 66.7 cm³/mol. The zero-order valence-electron chi connectivity index (χ0n) is 10.5. The van der Waals surface area contributed by atoms with Crippen molar-refractivity contribution in [3.05, 3.63) is 46.4 Å². The van der Waals surface area contributed by atoms with Crippen LogP contribution in [0.15, 0.2) is 18.2 Å². The van der Waals surface area contributed by atoms with E-state index in [1.807, 2.05) is 0 Å². The average Bonchev–Trinajstić information content (AvgIpc) is 2.82. The van der Waals surface area contributed by atoms with Gasteiger partial charge < -0.3 is 10.2 Å². The van der Waals surface area contributed by atoms with Gasteiger partial charge in [0, 0.05) is 11.5 Å². The van der Waals surface area contributed by atoms with Crippen LogP contribution in [0.3, 0.4) is 0 Å². The van der Waals surface area contributed by atoms with Gasteiger partial charge in [-0.25, -0.2) is 8.78 Å². The predicted octanol–water partition coefficient (Wildman–Crippen LogP) is 2.57. The Bertz CT molecular complexity index is 676. The van der Waals surface area contributed by atoms with E-state index in [1.54, 1.807) is 0 Å². The Morgan fingerprint density at radius 2 is 2.05 bits per heavy atom. The third kappa shape index (κ3) is 1.97. The van der Waals surface area contributed by atoms with Crippen molar-refractivity contribution < 1.29 is 19.0 Å². The standard InChI is InChI=1S/C14H12F2N2O2/c15-6-7-1-2-8(11(16)5-7)9-3-4-10-12(9)17-14(20)18-13(10)19/h1-2,5,9H,3-4,6H2,(H2,17,18,19,20). The minimum Gasteiger partial charge on any atom is -0.493 e. The Morgan fingerprint density at radius 1 is 1.25 bits per heavy atom. The first kappa shape index (κ1) is 12.8. The van der Waals surface area contributed by atoms with Gasteiger partial charge in [-0.05, 0) is 30.0 Å². The minimum absolute atomic E-state index is 0.268. The zero-order valence-corrected chi connectivity index (χ0v) is 10.5. The number of hydrogen-bond acceptors (Lipinski definition) is 4. The van der Waals surface area contributed by atoms with Gasteiger partial charge in [-0.15, -0.1) is 0 Å². The summed E-state index contributed by atoms with van der Waals surface area (Å²) in [5, 5.41) is 19.0.